The maximum atomic E-state index is 4.01. The monoisotopic (exact) mass is 659 g/mol. The predicted octanol–water partition coefficient (Wildman–Crippen LogP) is 12.5. The minimum atomic E-state index is 0.149. The van der Waals surface area contributed by atoms with E-state index in [1.165, 1.54) is 81.6 Å². The molecule has 3 nitrogen and oxygen atoms in total. The van der Waals surface area contributed by atoms with Crippen molar-refractivity contribution in [2.45, 2.75) is 71.8 Å². The second-order valence-corrected chi connectivity index (χ2v) is 14.4. The number of benzene rings is 5. The van der Waals surface area contributed by atoms with Crippen LogP contribution in [-0.2, 0) is 0 Å². The highest BCUT2D eigenvalue weighted by Gasteiger charge is 2.29. The zero-order chi connectivity index (χ0) is 34.5. The summed E-state index contributed by atoms with van der Waals surface area (Å²) in [5, 5.41) is 6.68. The van der Waals surface area contributed by atoms with Crippen LogP contribution in [0.4, 0.5) is 22.7 Å². The molecule has 4 atom stereocenters. The smallest absolute Gasteiger partial charge is 0.0422 e. The Hall–Kier alpha value is -4.76. The van der Waals surface area contributed by atoms with Crippen LogP contribution in [-0.4, -0.2) is 19.1 Å². The topological polar surface area (TPSA) is 18.5 Å². The van der Waals surface area contributed by atoms with Gasteiger partial charge in [-0.2, -0.15) is 0 Å². The van der Waals surface area contributed by atoms with Gasteiger partial charge in [0.15, 0.2) is 0 Å². The molecule has 0 amide bonds. The Labute approximate surface area is 300 Å². The SMILES string of the molecule is CCN(C1=CC=C(C(c2ccc(N(CC)c3ccccc3)cc2)c2ccc(NC3CCCCC3C)c3ccccc23)CC1C)c1ccccc1. The van der Waals surface area contributed by atoms with Gasteiger partial charge in [0, 0.05) is 64.8 Å². The molecule has 2 aliphatic carbocycles. The van der Waals surface area contributed by atoms with Crippen LogP contribution in [0.2, 0.25) is 0 Å². The second kappa shape index (κ2) is 15.4. The summed E-state index contributed by atoms with van der Waals surface area (Å²) >= 11 is 0. The van der Waals surface area contributed by atoms with Crippen molar-refractivity contribution in [1.82, 2.24) is 0 Å². The van der Waals surface area contributed by atoms with Gasteiger partial charge in [-0.3, -0.25) is 0 Å². The van der Waals surface area contributed by atoms with Gasteiger partial charge >= 0.3 is 0 Å². The van der Waals surface area contributed by atoms with Crippen LogP contribution in [0.15, 0.2) is 145 Å². The zero-order valence-electron chi connectivity index (χ0n) is 30.4. The van der Waals surface area contributed by atoms with Gasteiger partial charge < -0.3 is 15.1 Å². The highest BCUT2D eigenvalue weighted by atomic mass is 15.1. The van der Waals surface area contributed by atoms with Gasteiger partial charge in [-0.25, -0.2) is 0 Å². The Morgan fingerprint density at radius 1 is 0.620 bits per heavy atom. The van der Waals surface area contributed by atoms with Crippen molar-refractivity contribution < 1.29 is 0 Å². The first-order chi connectivity index (χ1) is 24.6. The molecule has 3 heteroatoms. The molecule has 50 heavy (non-hydrogen) atoms. The molecule has 0 saturated heterocycles. The van der Waals surface area contributed by atoms with Crippen molar-refractivity contribution >= 4 is 33.5 Å². The Bertz CT molecular complexity index is 1920. The molecule has 7 rings (SSSR count). The van der Waals surface area contributed by atoms with E-state index in [2.05, 4.69) is 176 Å². The van der Waals surface area contributed by atoms with E-state index in [0.29, 0.717) is 17.9 Å². The summed E-state index contributed by atoms with van der Waals surface area (Å²) in [5.74, 6) is 1.24. The van der Waals surface area contributed by atoms with Crippen molar-refractivity contribution in [2.24, 2.45) is 11.8 Å². The molecule has 0 spiro atoms. The van der Waals surface area contributed by atoms with Gasteiger partial charge in [0.1, 0.15) is 0 Å². The lowest BCUT2D eigenvalue weighted by Crippen LogP contribution is -2.30. The maximum absolute atomic E-state index is 4.01. The highest BCUT2D eigenvalue weighted by molar-refractivity contribution is 5.97. The van der Waals surface area contributed by atoms with Gasteiger partial charge in [-0.1, -0.05) is 117 Å². The average Bonchev–Trinajstić information content (AvgIpc) is 3.16. The normalized spacial score (nSPS) is 19.7. The average molecular weight is 660 g/mol. The molecule has 1 N–H and O–H groups in total. The first kappa shape index (κ1) is 33.7. The molecule has 1 fully saturated rings. The van der Waals surface area contributed by atoms with Gasteiger partial charge in [0.2, 0.25) is 0 Å². The van der Waals surface area contributed by atoms with E-state index in [0.717, 1.165) is 19.5 Å². The fraction of sp³-hybridized carbons (Fsp3) is 0.319. The van der Waals surface area contributed by atoms with E-state index < -0.39 is 0 Å². The predicted molar refractivity (Wildman–Crippen MR) is 216 cm³/mol. The standard InChI is InChI=1S/C47H53N3/c1-5-49(38-18-9-7-10-19-38)40-28-25-36(26-29-40)47(37-27-32-46(35(4)33-37)50(6-2)39-20-11-8-12-21-39)43-30-31-45(42-23-15-14-22-41(42)43)48-44-24-16-13-17-34(44)3/h7-12,14-15,18-23,25-32,34-35,44,47-48H,5-6,13,16-17,24,33H2,1-4H3. The zero-order valence-corrected chi connectivity index (χ0v) is 30.4. The van der Waals surface area contributed by atoms with Crippen molar-refractivity contribution in [2.75, 3.05) is 28.2 Å². The minimum absolute atomic E-state index is 0.149. The van der Waals surface area contributed by atoms with Crippen molar-refractivity contribution in [1.29, 1.82) is 0 Å². The van der Waals surface area contributed by atoms with E-state index >= 15 is 0 Å². The number of rotatable bonds is 11. The molecule has 5 aromatic carbocycles. The highest BCUT2D eigenvalue weighted by Crippen LogP contribution is 2.44. The van der Waals surface area contributed by atoms with E-state index in [4.69, 9.17) is 0 Å². The Kier molecular flexibility index (Phi) is 10.4. The third-order valence-electron chi connectivity index (χ3n) is 11.2. The van der Waals surface area contributed by atoms with Gasteiger partial charge in [-0.05, 0) is 104 Å². The number of allylic oxidation sites excluding steroid dienone is 4. The van der Waals surface area contributed by atoms with Crippen LogP contribution in [0, 0.1) is 11.8 Å². The second-order valence-electron chi connectivity index (χ2n) is 14.4. The maximum Gasteiger partial charge on any atom is 0.0422 e. The van der Waals surface area contributed by atoms with Gasteiger partial charge in [0.25, 0.3) is 0 Å². The number of para-hydroxylation sites is 2. The van der Waals surface area contributed by atoms with Gasteiger partial charge in [0.05, 0.1) is 0 Å². The molecule has 256 valence electrons. The van der Waals surface area contributed by atoms with Crippen LogP contribution in [0.1, 0.15) is 76.8 Å². The molecule has 0 radical (unpaired) electrons. The van der Waals surface area contributed by atoms with E-state index in [1.54, 1.807) is 0 Å². The summed E-state index contributed by atoms with van der Waals surface area (Å²) < 4.78 is 0. The van der Waals surface area contributed by atoms with Crippen LogP contribution >= 0.6 is 0 Å². The lowest BCUT2D eigenvalue weighted by atomic mass is 9.76. The lowest BCUT2D eigenvalue weighted by Gasteiger charge is -2.35. The van der Waals surface area contributed by atoms with Gasteiger partial charge in [-0.15, -0.1) is 0 Å². The summed E-state index contributed by atoms with van der Waals surface area (Å²) in [4.78, 5) is 4.87. The molecule has 2 aliphatic rings. The Balaban J connectivity index is 1.31. The Morgan fingerprint density at radius 3 is 1.86 bits per heavy atom. The fourth-order valence-corrected chi connectivity index (χ4v) is 8.57. The largest absolute Gasteiger partial charge is 0.382 e. The summed E-state index contributed by atoms with van der Waals surface area (Å²) in [6.07, 6.45) is 11.1. The van der Waals surface area contributed by atoms with Crippen LogP contribution in [0.5, 0.6) is 0 Å². The first-order valence-electron chi connectivity index (χ1n) is 19.0. The number of anilines is 4. The summed E-state index contributed by atoms with van der Waals surface area (Å²) in [6, 6.07) is 45.4. The van der Waals surface area contributed by atoms with E-state index in [1.807, 2.05) is 0 Å². The third-order valence-corrected chi connectivity index (χ3v) is 11.2. The molecule has 0 bridgehead atoms. The lowest BCUT2D eigenvalue weighted by molar-refractivity contribution is 0.350. The number of nitrogens with zero attached hydrogens (tertiary/aromatic N) is 2. The van der Waals surface area contributed by atoms with Crippen molar-refractivity contribution in [3.8, 4) is 0 Å². The number of hydrogen-bond donors (Lipinski definition) is 1. The molecular formula is C47H53N3. The summed E-state index contributed by atoms with van der Waals surface area (Å²) in [6.45, 7) is 11.2. The Morgan fingerprint density at radius 2 is 1.22 bits per heavy atom. The summed E-state index contributed by atoms with van der Waals surface area (Å²) in [7, 11) is 0. The third kappa shape index (κ3) is 6.97. The molecule has 1 saturated carbocycles. The molecular weight excluding hydrogens is 607 g/mol. The fourth-order valence-electron chi connectivity index (χ4n) is 8.57. The summed E-state index contributed by atoms with van der Waals surface area (Å²) in [5.41, 5.74) is 10.6. The van der Waals surface area contributed by atoms with Crippen molar-refractivity contribution in [3.05, 3.63) is 156 Å². The molecule has 0 heterocycles. The molecule has 0 aromatic heterocycles. The van der Waals surface area contributed by atoms with E-state index in [9.17, 15) is 0 Å². The van der Waals surface area contributed by atoms with E-state index in [-0.39, 0.29) is 5.92 Å². The number of nitrogens with one attached hydrogen (secondary N) is 1. The minimum Gasteiger partial charge on any atom is -0.382 e. The molecule has 0 aliphatic heterocycles. The number of fused-ring (bicyclic) bond motifs is 1. The van der Waals surface area contributed by atoms with Crippen LogP contribution < -0.4 is 15.1 Å². The molecule has 5 aromatic rings. The van der Waals surface area contributed by atoms with Crippen LogP contribution in [0.3, 0.4) is 0 Å². The molecule has 4 unspecified atom stereocenters. The quantitative estimate of drug-likeness (QED) is 0.152. The first-order valence-corrected chi connectivity index (χ1v) is 19.0. The number of hydrogen-bond acceptors (Lipinski definition) is 3. The van der Waals surface area contributed by atoms with Crippen LogP contribution in [0.25, 0.3) is 10.8 Å². The van der Waals surface area contributed by atoms with Crippen molar-refractivity contribution in [3.63, 3.8) is 0 Å².